The highest BCUT2D eigenvalue weighted by Crippen LogP contribution is 2.39. The molecule has 2 nitrogen and oxygen atoms in total. The van der Waals surface area contributed by atoms with E-state index in [2.05, 4.69) is 0 Å². The molecule has 0 bridgehead atoms. The molecule has 0 aliphatic heterocycles. The van der Waals surface area contributed by atoms with Crippen molar-refractivity contribution in [2.24, 2.45) is 11.8 Å². The van der Waals surface area contributed by atoms with Gasteiger partial charge in [0, 0.05) is 0 Å². The van der Waals surface area contributed by atoms with Crippen LogP contribution in [0.1, 0.15) is 18.4 Å². The zero-order valence-electron chi connectivity index (χ0n) is 9.28. The van der Waals surface area contributed by atoms with E-state index < -0.39 is 0 Å². The van der Waals surface area contributed by atoms with E-state index in [0.29, 0.717) is 17.9 Å². The van der Waals surface area contributed by atoms with Gasteiger partial charge in [-0.2, -0.15) is 0 Å². The second kappa shape index (κ2) is 4.64. The van der Waals surface area contributed by atoms with Crippen molar-refractivity contribution < 1.29 is 13.9 Å². The summed E-state index contributed by atoms with van der Waals surface area (Å²) in [5, 5.41) is 0. The average Bonchev–Trinajstić information content (AvgIpc) is 3.11. The number of carbonyl (C=O) groups is 1. The molecule has 0 aromatic heterocycles. The first-order valence-corrected chi connectivity index (χ1v) is 5.53. The third-order valence-corrected chi connectivity index (χ3v) is 3.09. The Balaban J connectivity index is 2.11. The fraction of sp³-hybridized carbons (Fsp3) is 0.462. The van der Waals surface area contributed by atoms with E-state index in [4.69, 9.17) is 4.74 Å². The van der Waals surface area contributed by atoms with Gasteiger partial charge in [0.1, 0.15) is 5.82 Å². The fourth-order valence-electron chi connectivity index (χ4n) is 1.99. The van der Waals surface area contributed by atoms with Crippen LogP contribution >= 0.6 is 0 Å². The molecule has 1 atom stereocenters. The van der Waals surface area contributed by atoms with Crippen LogP contribution in [-0.4, -0.2) is 13.1 Å². The van der Waals surface area contributed by atoms with Gasteiger partial charge in [-0.1, -0.05) is 18.2 Å². The highest BCUT2D eigenvalue weighted by molar-refractivity contribution is 5.73. The minimum atomic E-state index is -0.239. The first kappa shape index (κ1) is 11.1. The highest BCUT2D eigenvalue weighted by atomic mass is 19.1. The Morgan fingerprint density at radius 2 is 2.19 bits per heavy atom. The van der Waals surface area contributed by atoms with E-state index in [-0.39, 0.29) is 17.7 Å². The molecule has 1 fully saturated rings. The van der Waals surface area contributed by atoms with E-state index in [1.807, 2.05) is 0 Å². The van der Waals surface area contributed by atoms with Gasteiger partial charge in [0.05, 0.1) is 13.0 Å². The SMILES string of the molecule is COC(=O)C(Cc1ccccc1F)C1CC1. The third-order valence-electron chi connectivity index (χ3n) is 3.09. The molecule has 1 aliphatic carbocycles. The standard InChI is InChI=1S/C13H15FO2/c1-16-13(15)11(9-6-7-9)8-10-4-2-3-5-12(10)14/h2-5,9,11H,6-8H2,1H3. The molecule has 0 spiro atoms. The van der Waals surface area contributed by atoms with Crippen LogP contribution in [-0.2, 0) is 16.0 Å². The normalized spacial score (nSPS) is 16.9. The van der Waals surface area contributed by atoms with Gasteiger partial charge in [-0.3, -0.25) is 4.79 Å². The molecule has 1 aliphatic rings. The maximum atomic E-state index is 13.4. The molecule has 0 N–H and O–H groups in total. The summed E-state index contributed by atoms with van der Waals surface area (Å²) in [4.78, 5) is 11.6. The number of carbonyl (C=O) groups excluding carboxylic acids is 1. The van der Waals surface area contributed by atoms with E-state index in [1.54, 1.807) is 18.2 Å². The summed E-state index contributed by atoms with van der Waals surface area (Å²) in [6, 6.07) is 6.60. The Morgan fingerprint density at radius 3 is 2.75 bits per heavy atom. The van der Waals surface area contributed by atoms with Crippen molar-refractivity contribution in [1.29, 1.82) is 0 Å². The Morgan fingerprint density at radius 1 is 1.50 bits per heavy atom. The zero-order valence-corrected chi connectivity index (χ0v) is 9.28. The van der Waals surface area contributed by atoms with Crippen LogP contribution in [0.15, 0.2) is 24.3 Å². The van der Waals surface area contributed by atoms with Crippen LogP contribution in [0.5, 0.6) is 0 Å². The molecule has 1 aromatic carbocycles. The minimum Gasteiger partial charge on any atom is -0.469 e. The van der Waals surface area contributed by atoms with Crippen LogP contribution in [0.25, 0.3) is 0 Å². The van der Waals surface area contributed by atoms with E-state index >= 15 is 0 Å². The van der Waals surface area contributed by atoms with Crippen molar-refractivity contribution in [1.82, 2.24) is 0 Å². The lowest BCUT2D eigenvalue weighted by Gasteiger charge is -2.13. The maximum absolute atomic E-state index is 13.4. The Hall–Kier alpha value is -1.38. The quantitative estimate of drug-likeness (QED) is 0.732. The first-order chi connectivity index (χ1) is 7.72. The molecule has 1 unspecified atom stereocenters. The van der Waals surface area contributed by atoms with Gasteiger partial charge in [0.2, 0.25) is 0 Å². The monoisotopic (exact) mass is 222 g/mol. The summed E-state index contributed by atoms with van der Waals surface area (Å²) < 4.78 is 18.2. The van der Waals surface area contributed by atoms with Gasteiger partial charge >= 0.3 is 5.97 Å². The second-order valence-corrected chi connectivity index (χ2v) is 4.26. The summed E-state index contributed by atoms with van der Waals surface area (Å²) in [5.74, 6) is -0.253. The van der Waals surface area contributed by atoms with Crippen LogP contribution in [0.4, 0.5) is 4.39 Å². The molecular weight excluding hydrogens is 207 g/mol. The number of rotatable bonds is 4. The van der Waals surface area contributed by atoms with Gasteiger partial charge in [0.15, 0.2) is 0 Å². The molecule has 1 aromatic rings. The van der Waals surface area contributed by atoms with Crippen molar-refractivity contribution in [2.75, 3.05) is 7.11 Å². The second-order valence-electron chi connectivity index (χ2n) is 4.26. The molecule has 0 saturated heterocycles. The molecule has 0 amide bonds. The Bertz CT molecular complexity index is 385. The number of halogens is 1. The third kappa shape index (κ3) is 2.40. The number of methoxy groups -OCH3 is 1. The molecule has 0 heterocycles. The number of hydrogen-bond donors (Lipinski definition) is 0. The first-order valence-electron chi connectivity index (χ1n) is 5.53. The van der Waals surface area contributed by atoms with E-state index in [1.165, 1.54) is 13.2 Å². The van der Waals surface area contributed by atoms with Crippen LogP contribution < -0.4 is 0 Å². The van der Waals surface area contributed by atoms with Crippen molar-refractivity contribution in [2.45, 2.75) is 19.3 Å². The van der Waals surface area contributed by atoms with E-state index in [9.17, 15) is 9.18 Å². The molecule has 1 saturated carbocycles. The predicted molar refractivity (Wildman–Crippen MR) is 58.3 cm³/mol. The van der Waals surface area contributed by atoms with Gasteiger partial charge in [-0.05, 0) is 36.8 Å². The van der Waals surface area contributed by atoms with Gasteiger partial charge in [0.25, 0.3) is 0 Å². The molecule has 86 valence electrons. The highest BCUT2D eigenvalue weighted by Gasteiger charge is 2.37. The van der Waals surface area contributed by atoms with Crippen molar-refractivity contribution >= 4 is 5.97 Å². The van der Waals surface area contributed by atoms with Gasteiger partial charge < -0.3 is 4.74 Å². The lowest BCUT2D eigenvalue weighted by molar-refractivity contribution is -0.146. The maximum Gasteiger partial charge on any atom is 0.309 e. The number of benzene rings is 1. The van der Waals surface area contributed by atoms with Gasteiger partial charge in [-0.25, -0.2) is 4.39 Å². The van der Waals surface area contributed by atoms with E-state index in [0.717, 1.165) is 12.8 Å². The number of hydrogen-bond acceptors (Lipinski definition) is 2. The Labute approximate surface area is 94.4 Å². The fourth-order valence-corrected chi connectivity index (χ4v) is 1.99. The van der Waals surface area contributed by atoms with Crippen LogP contribution in [0, 0.1) is 17.7 Å². The predicted octanol–water partition coefficient (Wildman–Crippen LogP) is 2.57. The summed E-state index contributed by atoms with van der Waals surface area (Å²) in [6.07, 6.45) is 2.55. The molecule has 3 heteroatoms. The van der Waals surface area contributed by atoms with Crippen molar-refractivity contribution in [3.63, 3.8) is 0 Å². The van der Waals surface area contributed by atoms with Crippen molar-refractivity contribution in [3.8, 4) is 0 Å². The smallest absolute Gasteiger partial charge is 0.309 e. The lowest BCUT2D eigenvalue weighted by Crippen LogP contribution is -2.21. The topological polar surface area (TPSA) is 26.3 Å². The lowest BCUT2D eigenvalue weighted by atomic mass is 9.94. The average molecular weight is 222 g/mol. The summed E-state index contributed by atoms with van der Waals surface area (Å²) in [6.45, 7) is 0. The van der Waals surface area contributed by atoms with Crippen molar-refractivity contribution in [3.05, 3.63) is 35.6 Å². The van der Waals surface area contributed by atoms with Gasteiger partial charge in [-0.15, -0.1) is 0 Å². The van der Waals surface area contributed by atoms with Crippen LogP contribution in [0.3, 0.4) is 0 Å². The minimum absolute atomic E-state index is 0.179. The number of esters is 1. The molecule has 0 radical (unpaired) electrons. The molecule has 16 heavy (non-hydrogen) atoms. The van der Waals surface area contributed by atoms with Crippen LogP contribution in [0.2, 0.25) is 0 Å². The zero-order chi connectivity index (χ0) is 11.5. The molecule has 2 rings (SSSR count). The summed E-state index contributed by atoms with van der Waals surface area (Å²) >= 11 is 0. The molecular formula is C13H15FO2. The Kier molecular flexibility index (Phi) is 3.22. The number of ether oxygens (including phenoxy) is 1. The summed E-state index contributed by atoms with van der Waals surface area (Å²) in [5.41, 5.74) is 0.602. The largest absolute Gasteiger partial charge is 0.469 e. The summed E-state index contributed by atoms with van der Waals surface area (Å²) in [7, 11) is 1.39.